The lowest BCUT2D eigenvalue weighted by Gasteiger charge is -2.25. The molecule has 3 aromatic rings. The summed E-state index contributed by atoms with van der Waals surface area (Å²) in [5, 5.41) is 2.64. The largest absolute Gasteiger partial charge is 0.332 e. The van der Waals surface area contributed by atoms with E-state index in [-0.39, 0.29) is 11.1 Å². The summed E-state index contributed by atoms with van der Waals surface area (Å²) in [6, 6.07) is 12.2. The number of thioether (sulfide) groups is 1. The summed E-state index contributed by atoms with van der Waals surface area (Å²) in [6.45, 7) is 1.81. The van der Waals surface area contributed by atoms with E-state index in [1.807, 2.05) is 12.3 Å². The number of pyridine rings is 1. The van der Waals surface area contributed by atoms with Crippen LogP contribution in [-0.2, 0) is 0 Å². The fourth-order valence-electron chi connectivity index (χ4n) is 3.25. The smallest absolute Gasteiger partial charge is 0.256 e. The Balaban J connectivity index is 2.00. The van der Waals surface area contributed by atoms with Crippen molar-refractivity contribution in [1.29, 1.82) is 0 Å². The zero-order valence-electron chi connectivity index (χ0n) is 14.3. The number of alkyl halides is 1. The summed E-state index contributed by atoms with van der Waals surface area (Å²) < 4.78 is 31.3. The zero-order valence-corrected chi connectivity index (χ0v) is 15.9. The molecule has 0 saturated carbocycles. The number of para-hydroxylation sites is 1. The van der Waals surface area contributed by atoms with Gasteiger partial charge in [0.1, 0.15) is 5.82 Å². The fourth-order valence-corrected chi connectivity index (χ4v) is 4.38. The van der Waals surface area contributed by atoms with Crippen LogP contribution in [0, 0.1) is 5.82 Å². The molecule has 0 spiro atoms. The highest BCUT2D eigenvalue weighted by atomic mass is 35.5. The number of hydrogen-bond acceptors (Lipinski definition) is 3. The van der Waals surface area contributed by atoms with Gasteiger partial charge in [-0.05, 0) is 36.6 Å². The van der Waals surface area contributed by atoms with E-state index in [2.05, 4.69) is 0 Å². The van der Waals surface area contributed by atoms with Gasteiger partial charge in [0, 0.05) is 27.7 Å². The number of aromatic nitrogens is 1. The van der Waals surface area contributed by atoms with E-state index >= 15 is 4.39 Å². The standard InChI is InChI=1S/C20H15ClF2N2OS/c1-12-10-27-11-24(12)20(23)16-9-18(26)25(14-5-2-4-13(21)8-14)19-15(16)6-3-7-17(19)22/h2-10,20H,11H2,1H3. The molecule has 7 heteroatoms. The molecule has 1 atom stereocenters. The van der Waals surface area contributed by atoms with Crippen LogP contribution in [0.25, 0.3) is 16.6 Å². The van der Waals surface area contributed by atoms with Crippen molar-refractivity contribution in [3.63, 3.8) is 0 Å². The van der Waals surface area contributed by atoms with E-state index in [0.717, 1.165) is 5.70 Å². The Kier molecular flexibility index (Phi) is 4.70. The van der Waals surface area contributed by atoms with Crippen LogP contribution >= 0.6 is 23.4 Å². The predicted molar refractivity (Wildman–Crippen MR) is 106 cm³/mol. The number of hydrogen-bond donors (Lipinski definition) is 0. The predicted octanol–water partition coefficient (Wildman–Crippen LogP) is 5.62. The topological polar surface area (TPSA) is 25.2 Å². The van der Waals surface area contributed by atoms with Crippen LogP contribution in [0.4, 0.5) is 8.78 Å². The van der Waals surface area contributed by atoms with E-state index in [4.69, 9.17) is 11.6 Å². The van der Waals surface area contributed by atoms with E-state index in [0.29, 0.717) is 22.0 Å². The minimum atomic E-state index is -1.54. The first-order valence-electron chi connectivity index (χ1n) is 8.26. The first-order chi connectivity index (χ1) is 13.0. The molecule has 0 N–H and O–H groups in total. The highest BCUT2D eigenvalue weighted by Crippen LogP contribution is 2.36. The molecule has 0 saturated heterocycles. The molecule has 1 aliphatic heterocycles. The lowest BCUT2D eigenvalue weighted by Crippen LogP contribution is -2.25. The molecule has 3 nitrogen and oxygen atoms in total. The minimum absolute atomic E-state index is 0.0402. The van der Waals surface area contributed by atoms with Crippen LogP contribution in [0.15, 0.2) is 64.4 Å². The Morgan fingerprint density at radius 1 is 1.19 bits per heavy atom. The minimum Gasteiger partial charge on any atom is -0.332 e. The van der Waals surface area contributed by atoms with Crippen molar-refractivity contribution in [3.8, 4) is 5.69 Å². The third kappa shape index (κ3) is 3.13. The monoisotopic (exact) mass is 404 g/mol. The number of halogens is 3. The first-order valence-corrected chi connectivity index (χ1v) is 9.69. The molecule has 2 heterocycles. The summed E-state index contributed by atoms with van der Waals surface area (Å²) >= 11 is 7.52. The molecule has 2 aromatic carbocycles. The maximum atomic E-state index is 15.3. The van der Waals surface area contributed by atoms with Gasteiger partial charge in [-0.2, -0.15) is 0 Å². The van der Waals surface area contributed by atoms with Gasteiger partial charge in [-0.1, -0.05) is 29.8 Å². The summed E-state index contributed by atoms with van der Waals surface area (Å²) in [6.07, 6.45) is -1.54. The molecule has 138 valence electrons. The lowest BCUT2D eigenvalue weighted by molar-refractivity contribution is 0.145. The van der Waals surface area contributed by atoms with Gasteiger partial charge in [-0.3, -0.25) is 9.36 Å². The molecule has 1 unspecified atom stereocenters. The highest BCUT2D eigenvalue weighted by Gasteiger charge is 2.27. The number of benzene rings is 2. The van der Waals surface area contributed by atoms with Crippen molar-refractivity contribution >= 4 is 34.3 Å². The molecule has 27 heavy (non-hydrogen) atoms. The van der Waals surface area contributed by atoms with Crippen LogP contribution in [0.3, 0.4) is 0 Å². The van der Waals surface area contributed by atoms with Crippen LogP contribution < -0.4 is 5.56 Å². The quantitative estimate of drug-likeness (QED) is 0.530. The van der Waals surface area contributed by atoms with Crippen molar-refractivity contribution in [2.24, 2.45) is 0 Å². The van der Waals surface area contributed by atoms with Crippen LogP contribution in [-0.4, -0.2) is 15.3 Å². The fraction of sp³-hybridized carbons (Fsp3) is 0.150. The summed E-state index contributed by atoms with van der Waals surface area (Å²) in [4.78, 5) is 14.4. The SMILES string of the molecule is CC1=CSCN1C(F)c1cc(=O)n(-c2cccc(Cl)c2)c2c(F)cccc12. The number of nitrogens with zero attached hydrogens (tertiary/aromatic N) is 2. The molecular formula is C20H15ClF2N2OS. The Morgan fingerprint density at radius 2 is 1.96 bits per heavy atom. The molecule has 0 bridgehead atoms. The van der Waals surface area contributed by atoms with Crippen molar-refractivity contribution in [2.75, 3.05) is 5.88 Å². The average molecular weight is 405 g/mol. The Morgan fingerprint density at radius 3 is 2.67 bits per heavy atom. The van der Waals surface area contributed by atoms with Gasteiger partial charge in [0.25, 0.3) is 5.56 Å². The molecule has 0 radical (unpaired) electrons. The van der Waals surface area contributed by atoms with Gasteiger partial charge >= 0.3 is 0 Å². The number of allylic oxidation sites excluding steroid dienone is 1. The van der Waals surface area contributed by atoms with Crippen molar-refractivity contribution in [2.45, 2.75) is 13.2 Å². The average Bonchev–Trinajstić information content (AvgIpc) is 3.07. The molecular weight excluding hydrogens is 390 g/mol. The normalized spacial score (nSPS) is 15.3. The highest BCUT2D eigenvalue weighted by molar-refractivity contribution is 8.02. The summed E-state index contributed by atoms with van der Waals surface area (Å²) in [7, 11) is 0. The van der Waals surface area contributed by atoms with E-state index < -0.39 is 17.7 Å². The molecule has 1 aromatic heterocycles. The van der Waals surface area contributed by atoms with E-state index in [1.54, 1.807) is 35.2 Å². The second-order valence-corrected chi connectivity index (χ2v) is 7.51. The van der Waals surface area contributed by atoms with Crippen LogP contribution in [0.2, 0.25) is 5.02 Å². The van der Waals surface area contributed by atoms with E-state index in [1.165, 1.54) is 34.5 Å². The molecule has 0 aliphatic carbocycles. The lowest BCUT2D eigenvalue weighted by atomic mass is 10.1. The molecule has 0 fully saturated rings. The molecule has 0 amide bonds. The van der Waals surface area contributed by atoms with Gasteiger partial charge < -0.3 is 4.90 Å². The number of rotatable bonds is 3. The molecule has 1 aliphatic rings. The Labute approximate surface area is 163 Å². The second kappa shape index (κ2) is 7.02. The van der Waals surface area contributed by atoms with Crippen LogP contribution in [0.1, 0.15) is 18.8 Å². The third-order valence-corrected chi connectivity index (χ3v) is 5.71. The maximum Gasteiger partial charge on any atom is 0.256 e. The summed E-state index contributed by atoms with van der Waals surface area (Å²) in [5.74, 6) is -0.150. The second-order valence-electron chi connectivity index (χ2n) is 6.25. The van der Waals surface area contributed by atoms with Gasteiger partial charge in [-0.15, -0.1) is 11.8 Å². The first kappa shape index (κ1) is 18.1. The van der Waals surface area contributed by atoms with Gasteiger partial charge in [-0.25, -0.2) is 8.78 Å². The molecule has 4 rings (SSSR count). The van der Waals surface area contributed by atoms with Gasteiger partial charge in [0.15, 0.2) is 6.30 Å². The van der Waals surface area contributed by atoms with Crippen LogP contribution in [0.5, 0.6) is 0 Å². The van der Waals surface area contributed by atoms with Gasteiger partial charge in [0.05, 0.1) is 17.1 Å². The van der Waals surface area contributed by atoms with Gasteiger partial charge in [0.2, 0.25) is 0 Å². The Bertz CT molecular complexity index is 1130. The van der Waals surface area contributed by atoms with E-state index in [9.17, 15) is 9.18 Å². The third-order valence-electron chi connectivity index (χ3n) is 4.54. The zero-order chi connectivity index (χ0) is 19.1. The summed E-state index contributed by atoms with van der Waals surface area (Å²) in [5.41, 5.74) is 0.885. The number of fused-ring (bicyclic) bond motifs is 1. The van der Waals surface area contributed by atoms with Crippen molar-refractivity contribution < 1.29 is 8.78 Å². The Hall–Kier alpha value is -2.31. The van der Waals surface area contributed by atoms with Crippen molar-refractivity contribution in [1.82, 2.24) is 9.47 Å². The maximum absolute atomic E-state index is 15.3. The van der Waals surface area contributed by atoms with Crippen molar-refractivity contribution in [3.05, 3.63) is 86.4 Å².